The molecule has 0 heterocycles. The minimum Gasteiger partial charge on any atom is -0.466 e. The molecular weight excluding hydrogens is 971 g/mol. The van der Waals surface area contributed by atoms with Gasteiger partial charge in [0.2, 0.25) is 5.91 Å². The lowest BCUT2D eigenvalue weighted by molar-refractivity contribution is -0.143. The van der Waals surface area contributed by atoms with Gasteiger partial charge in [-0.2, -0.15) is 0 Å². The highest BCUT2D eigenvalue weighted by molar-refractivity contribution is 5.76. The Hall–Kier alpha value is -1.14. The highest BCUT2D eigenvalue weighted by Crippen LogP contribution is 2.20. The number of amides is 1. The van der Waals surface area contributed by atoms with Crippen molar-refractivity contribution in [2.24, 2.45) is 0 Å². The number of rotatable bonds is 70. The Labute approximate surface area is 496 Å². The van der Waals surface area contributed by atoms with Crippen LogP contribution >= 0.6 is 0 Å². The molecule has 0 bridgehead atoms. The number of esters is 1. The van der Waals surface area contributed by atoms with Crippen LogP contribution < -0.4 is 5.32 Å². The van der Waals surface area contributed by atoms with E-state index < -0.39 is 12.1 Å². The van der Waals surface area contributed by atoms with Crippen LogP contribution in [-0.4, -0.2) is 47.4 Å². The minimum atomic E-state index is -0.659. The van der Waals surface area contributed by atoms with Crippen LogP contribution in [0.15, 0.2) is 0 Å². The molecule has 0 saturated carbocycles. The standard InChI is InChI=1S/C73H145NO5/c1-3-5-7-9-11-13-15-17-18-19-37-40-43-47-51-55-59-63-67-73(78)79-68-64-60-56-52-48-44-41-38-35-33-31-29-27-25-23-21-20-22-24-26-28-30-32-34-36-39-42-46-50-54-58-62-66-72(77)74-70(69-75)71(76)65-61-57-53-49-45-16-14-12-10-8-6-4-2/h70-71,75-76H,3-69H2,1-2H3,(H,74,77). The summed E-state index contributed by atoms with van der Waals surface area (Å²) in [5, 5.41) is 23.3. The number of ether oxygens (including phenoxy) is 1. The van der Waals surface area contributed by atoms with Crippen molar-refractivity contribution in [2.75, 3.05) is 13.2 Å². The molecule has 472 valence electrons. The molecule has 0 saturated heterocycles. The first-order valence-electron chi connectivity index (χ1n) is 36.8. The third-order valence-electron chi connectivity index (χ3n) is 17.7. The maximum atomic E-state index is 12.5. The van der Waals surface area contributed by atoms with Gasteiger partial charge in [0.15, 0.2) is 0 Å². The fourth-order valence-electron chi connectivity index (χ4n) is 12.1. The Morgan fingerprint density at radius 1 is 0.304 bits per heavy atom. The summed E-state index contributed by atoms with van der Waals surface area (Å²) in [6, 6.07) is -0.536. The Balaban J connectivity index is 3.28. The van der Waals surface area contributed by atoms with Gasteiger partial charge in [-0.15, -0.1) is 0 Å². The molecule has 0 aromatic carbocycles. The van der Waals surface area contributed by atoms with Crippen molar-refractivity contribution < 1.29 is 24.5 Å². The first-order chi connectivity index (χ1) is 39.0. The SMILES string of the molecule is CCCCCCCCCCCCCCCCCCCCC(=O)OCCCCCCCCCCCCCCCCCCCCCCCCCCCCCCCCCCC(=O)NC(CO)C(O)CCCCCCCCCCCCCC. The van der Waals surface area contributed by atoms with E-state index in [0.29, 0.717) is 25.9 Å². The van der Waals surface area contributed by atoms with Gasteiger partial charge >= 0.3 is 5.97 Å². The third kappa shape index (κ3) is 65.9. The van der Waals surface area contributed by atoms with E-state index >= 15 is 0 Å². The van der Waals surface area contributed by atoms with Crippen molar-refractivity contribution in [2.45, 2.75) is 443 Å². The fourth-order valence-corrected chi connectivity index (χ4v) is 12.1. The molecule has 0 radical (unpaired) electrons. The molecule has 0 aliphatic carbocycles. The lowest BCUT2D eigenvalue weighted by Crippen LogP contribution is -2.45. The van der Waals surface area contributed by atoms with Crippen molar-refractivity contribution in [1.29, 1.82) is 0 Å². The molecule has 0 rings (SSSR count). The second-order valence-electron chi connectivity index (χ2n) is 25.6. The van der Waals surface area contributed by atoms with E-state index in [1.807, 2.05) is 0 Å². The Morgan fingerprint density at radius 2 is 0.519 bits per heavy atom. The van der Waals surface area contributed by atoms with Crippen molar-refractivity contribution in [1.82, 2.24) is 5.32 Å². The van der Waals surface area contributed by atoms with E-state index in [9.17, 15) is 19.8 Å². The van der Waals surface area contributed by atoms with Gasteiger partial charge in [-0.1, -0.05) is 393 Å². The van der Waals surface area contributed by atoms with Gasteiger partial charge in [0.25, 0.3) is 0 Å². The summed E-state index contributed by atoms with van der Waals surface area (Å²) in [5.41, 5.74) is 0. The van der Waals surface area contributed by atoms with Crippen molar-refractivity contribution in [3.63, 3.8) is 0 Å². The third-order valence-corrected chi connectivity index (χ3v) is 17.7. The Kier molecular flexibility index (Phi) is 68.4. The van der Waals surface area contributed by atoms with Gasteiger partial charge in [-0.25, -0.2) is 0 Å². The summed E-state index contributed by atoms with van der Waals surface area (Å²) in [4.78, 5) is 24.6. The van der Waals surface area contributed by atoms with Gasteiger partial charge in [0.1, 0.15) is 0 Å². The number of carbonyl (C=O) groups is 2. The lowest BCUT2D eigenvalue weighted by Gasteiger charge is -2.22. The largest absolute Gasteiger partial charge is 0.466 e. The molecule has 0 spiro atoms. The average Bonchev–Trinajstić information content (AvgIpc) is 3.45. The normalized spacial score (nSPS) is 12.4. The van der Waals surface area contributed by atoms with Crippen LogP contribution in [0.2, 0.25) is 0 Å². The summed E-state index contributed by atoms with van der Waals surface area (Å²) in [7, 11) is 0. The van der Waals surface area contributed by atoms with Crippen LogP contribution in [-0.2, 0) is 14.3 Å². The number of unbranched alkanes of at least 4 members (excludes halogenated alkanes) is 59. The zero-order chi connectivity index (χ0) is 57.1. The van der Waals surface area contributed by atoms with E-state index in [4.69, 9.17) is 4.74 Å². The lowest BCUT2D eigenvalue weighted by atomic mass is 10.0. The highest BCUT2D eigenvalue weighted by Gasteiger charge is 2.20. The molecule has 0 aliphatic rings. The van der Waals surface area contributed by atoms with Gasteiger partial charge < -0.3 is 20.3 Å². The molecule has 3 N–H and O–H groups in total. The molecule has 2 unspecified atom stereocenters. The first kappa shape index (κ1) is 77.9. The Bertz CT molecular complexity index is 1150. The van der Waals surface area contributed by atoms with Crippen molar-refractivity contribution in [3.05, 3.63) is 0 Å². The summed E-state index contributed by atoms with van der Waals surface area (Å²) in [6.07, 6.45) is 84.7. The number of hydrogen-bond acceptors (Lipinski definition) is 5. The van der Waals surface area contributed by atoms with Gasteiger partial charge in [-0.05, 0) is 25.7 Å². The van der Waals surface area contributed by atoms with Crippen LogP contribution in [0.1, 0.15) is 431 Å². The number of aliphatic hydroxyl groups is 2. The quantitative estimate of drug-likeness (QED) is 0.0417. The zero-order valence-electron chi connectivity index (χ0n) is 54.2. The molecule has 79 heavy (non-hydrogen) atoms. The van der Waals surface area contributed by atoms with Crippen LogP contribution in [0.4, 0.5) is 0 Å². The number of aliphatic hydroxyl groups excluding tert-OH is 2. The van der Waals surface area contributed by atoms with Crippen molar-refractivity contribution >= 4 is 11.9 Å². The number of nitrogens with one attached hydrogen (secondary N) is 1. The Morgan fingerprint density at radius 3 is 0.772 bits per heavy atom. The van der Waals surface area contributed by atoms with E-state index in [0.717, 1.165) is 38.5 Å². The first-order valence-corrected chi connectivity index (χ1v) is 36.8. The van der Waals surface area contributed by atoms with Crippen LogP contribution in [0.3, 0.4) is 0 Å². The molecular formula is C73H145NO5. The summed E-state index contributed by atoms with van der Waals surface area (Å²) in [6.45, 7) is 5.00. The smallest absolute Gasteiger partial charge is 0.305 e. The summed E-state index contributed by atoms with van der Waals surface area (Å²) < 4.78 is 5.52. The van der Waals surface area contributed by atoms with Crippen LogP contribution in [0, 0.1) is 0 Å². The van der Waals surface area contributed by atoms with Gasteiger partial charge in [0, 0.05) is 12.8 Å². The number of hydrogen-bond donors (Lipinski definition) is 3. The van der Waals surface area contributed by atoms with Crippen LogP contribution in [0.5, 0.6) is 0 Å². The van der Waals surface area contributed by atoms with E-state index in [1.54, 1.807) is 0 Å². The molecule has 2 atom stereocenters. The molecule has 1 amide bonds. The molecule has 0 fully saturated rings. The van der Waals surface area contributed by atoms with Gasteiger partial charge in [-0.3, -0.25) is 9.59 Å². The topological polar surface area (TPSA) is 95.9 Å². The van der Waals surface area contributed by atoms with E-state index in [1.165, 1.54) is 360 Å². The van der Waals surface area contributed by atoms with Crippen LogP contribution in [0.25, 0.3) is 0 Å². The molecule has 6 nitrogen and oxygen atoms in total. The highest BCUT2D eigenvalue weighted by atomic mass is 16.5. The van der Waals surface area contributed by atoms with E-state index in [-0.39, 0.29) is 18.5 Å². The second kappa shape index (κ2) is 69.4. The predicted molar refractivity (Wildman–Crippen MR) is 347 cm³/mol. The van der Waals surface area contributed by atoms with E-state index in [2.05, 4.69) is 19.2 Å². The summed E-state index contributed by atoms with van der Waals surface area (Å²) >= 11 is 0. The molecule has 0 aliphatic heterocycles. The minimum absolute atomic E-state index is 0.0269. The molecule has 0 aromatic rings. The molecule has 0 aromatic heterocycles. The van der Waals surface area contributed by atoms with Crippen molar-refractivity contribution in [3.8, 4) is 0 Å². The number of carbonyl (C=O) groups excluding carboxylic acids is 2. The summed E-state index contributed by atoms with van der Waals surface area (Å²) in [5.74, 6) is -0.00111. The second-order valence-corrected chi connectivity index (χ2v) is 25.6. The monoisotopic (exact) mass is 1120 g/mol. The predicted octanol–water partition coefficient (Wildman–Crippen LogP) is 23.8. The molecule has 6 heteroatoms. The average molecular weight is 1120 g/mol. The zero-order valence-corrected chi connectivity index (χ0v) is 54.2. The maximum absolute atomic E-state index is 12.5. The van der Waals surface area contributed by atoms with Gasteiger partial charge in [0.05, 0.1) is 25.4 Å². The maximum Gasteiger partial charge on any atom is 0.305 e. The fraction of sp³-hybridized carbons (Fsp3) is 0.973.